The number of benzene rings is 2. The maximum atomic E-state index is 13.2. The molecule has 0 aliphatic heterocycles. The molecule has 0 aliphatic carbocycles. The summed E-state index contributed by atoms with van der Waals surface area (Å²) < 4.78 is 3.26. The Balaban J connectivity index is 1.71. The zero-order valence-corrected chi connectivity index (χ0v) is 19.3. The number of aliphatic carboxylic acids is 2. The first kappa shape index (κ1) is 24.4. The molecule has 0 bridgehead atoms. The van der Waals surface area contributed by atoms with Crippen LogP contribution in [0.25, 0.3) is 0 Å². The van der Waals surface area contributed by atoms with Crippen LogP contribution in [0.1, 0.15) is 43.5 Å². The Morgan fingerprint density at radius 2 is 0.889 bits per heavy atom. The third-order valence-electron chi connectivity index (χ3n) is 5.89. The molecule has 8 heteroatoms. The van der Waals surface area contributed by atoms with Crippen LogP contribution >= 0.6 is 0 Å². The van der Waals surface area contributed by atoms with Crippen molar-refractivity contribution in [3.05, 3.63) is 119 Å². The van der Waals surface area contributed by atoms with Gasteiger partial charge in [-0.05, 0) is 24.3 Å². The fourth-order valence-corrected chi connectivity index (χ4v) is 4.24. The van der Waals surface area contributed by atoms with Gasteiger partial charge in [-0.1, -0.05) is 60.7 Å². The van der Waals surface area contributed by atoms with Crippen molar-refractivity contribution in [2.24, 2.45) is 0 Å². The van der Waals surface area contributed by atoms with Crippen molar-refractivity contribution < 1.29 is 29.4 Å². The minimum atomic E-state index is -1.04. The number of carboxylic acids is 2. The summed E-state index contributed by atoms with van der Waals surface area (Å²) in [4.78, 5) is 49.3. The number of nitrogens with zero attached hydrogens (tertiary/aromatic N) is 2. The summed E-state index contributed by atoms with van der Waals surface area (Å²) in [5.74, 6) is -2.60. The quantitative estimate of drug-likeness (QED) is 0.313. The van der Waals surface area contributed by atoms with Gasteiger partial charge in [0.15, 0.2) is 0 Å². The lowest BCUT2D eigenvalue weighted by molar-refractivity contribution is -0.137. The molecule has 0 unspecified atom stereocenters. The van der Waals surface area contributed by atoms with Gasteiger partial charge in [0.25, 0.3) is 0 Å². The molecule has 36 heavy (non-hydrogen) atoms. The maximum Gasteiger partial charge on any atom is 0.309 e. The molecular weight excluding hydrogens is 460 g/mol. The fraction of sp³-hybridized carbons (Fsp3) is 0.143. The van der Waals surface area contributed by atoms with Gasteiger partial charge in [-0.15, -0.1) is 0 Å². The van der Waals surface area contributed by atoms with Crippen LogP contribution in [0.5, 0.6) is 0 Å². The standard InChI is InChI=1S/C28H24N2O6/c31-25(32)17-21-11-13-23(27(35)19-7-3-1-4-8-19)29(21)15-16-30-22(18-26(33)34)12-14-24(30)28(36)20-9-5-2-6-10-20/h1-14H,15-18H2,(H,31,32)(H,33,34). The highest BCUT2D eigenvalue weighted by Gasteiger charge is 2.21. The van der Waals surface area contributed by atoms with Crippen molar-refractivity contribution in [1.29, 1.82) is 0 Å². The summed E-state index contributed by atoms with van der Waals surface area (Å²) >= 11 is 0. The Kier molecular flexibility index (Phi) is 7.25. The number of aromatic nitrogens is 2. The van der Waals surface area contributed by atoms with Crippen molar-refractivity contribution in [2.75, 3.05) is 0 Å². The minimum Gasteiger partial charge on any atom is -0.481 e. The van der Waals surface area contributed by atoms with Gasteiger partial charge in [0, 0.05) is 35.6 Å². The van der Waals surface area contributed by atoms with Gasteiger partial charge in [0.2, 0.25) is 11.6 Å². The molecule has 2 aromatic heterocycles. The third kappa shape index (κ3) is 5.33. The number of hydrogen-bond acceptors (Lipinski definition) is 4. The highest BCUT2D eigenvalue weighted by Crippen LogP contribution is 2.19. The van der Waals surface area contributed by atoms with Gasteiger partial charge in [0.1, 0.15) is 0 Å². The summed E-state index contributed by atoms with van der Waals surface area (Å²) in [7, 11) is 0. The monoisotopic (exact) mass is 484 g/mol. The Hall–Kier alpha value is -4.72. The average Bonchev–Trinajstić information content (AvgIpc) is 3.45. The van der Waals surface area contributed by atoms with Crippen molar-refractivity contribution in [3.63, 3.8) is 0 Å². The molecule has 2 N–H and O–H groups in total. The number of carbonyl (C=O) groups excluding carboxylic acids is 2. The SMILES string of the molecule is O=C(O)Cc1ccc(C(=O)c2ccccc2)n1CCn1c(CC(=O)O)ccc1C(=O)c1ccccc1. The number of ketones is 2. The summed E-state index contributed by atoms with van der Waals surface area (Å²) in [6, 6.07) is 23.7. The lowest BCUT2D eigenvalue weighted by Gasteiger charge is -2.17. The van der Waals surface area contributed by atoms with E-state index in [4.69, 9.17) is 0 Å². The second-order valence-electron chi connectivity index (χ2n) is 8.25. The van der Waals surface area contributed by atoms with E-state index in [1.54, 1.807) is 94.1 Å². The van der Waals surface area contributed by atoms with Crippen molar-refractivity contribution in [2.45, 2.75) is 25.9 Å². The first-order valence-corrected chi connectivity index (χ1v) is 11.3. The zero-order chi connectivity index (χ0) is 25.7. The zero-order valence-electron chi connectivity index (χ0n) is 19.3. The molecule has 0 radical (unpaired) electrons. The Labute approximate surface area is 207 Å². The van der Waals surface area contributed by atoms with Crippen LogP contribution in [0, 0.1) is 0 Å². The molecule has 0 saturated carbocycles. The molecular formula is C28H24N2O6. The van der Waals surface area contributed by atoms with Gasteiger partial charge in [-0.3, -0.25) is 19.2 Å². The van der Waals surface area contributed by atoms with Crippen LogP contribution in [0.2, 0.25) is 0 Å². The smallest absolute Gasteiger partial charge is 0.309 e. The van der Waals surface area contributed by atoms with Crippen molar-refractivity contribution >= 4 is 23.5 Å². The molecule has 0 atom stereocenters. The fourth-order valence-electron chi connectivity index (χ4n) is 4.24. The minimum absolute atomic E-state index is 0.167. The predicted octanol–water partition coefficient (Wildman–Crippen LogP) is 3.71. The van der Waals surface area contributed by atoms with Crippen LogP contribution in [-0.4, -0.2) is 42.9 Å². The average molecular weight is 485 g/mol. The van der Waals surface area contributed by atoms with Crippen LogP contribution in [0.3, 0.4) is 0 Å². The normalized spacial score (nSPS) is 10.8. The molecule has 4 rings (SSSR count). The summed E-state index contributed by atoms with van der Waals surface area (Å²) in [6.07, 6.45) is -0.572. The Morgan fingerprint density at radius 1 is 0.528 bits per heavy atom. The summed E-state index contributed by atoms with van der Waals surface area (Å²) in [5.41, 5.74) is 2.44. The molecule has 0 amide bonds. The molecule has 0 saturated heterocycles. The van der Waals surface area contributed by atoms with Crippen LogP contribution in [-0.2, 0) is 35.5 Å². The van der Waals surface area contributed by atoms with Gasteiger partial charge in [-0.25, -0.2) is 0 Å². The second-order valence-corrected chi connectivity index (χ2v) is 8.25. The van der Waals surface area contributed by atoms with E-state index in [9.17, 15) is 29.4 Å². The van der Waals surface area contributed by atoms with Gasteiger partial charge in [0.05, 0.1) is 24.2 Å². The Morgan fingerprint density at radius 3 is 1.22 bits per heavy atom. The molecule has 2 heterocycles. The highest BCUT2D eigenvalue weighted by atomic mass is 16.4. The van der Waals surface area contributed by atoms with Gasteiger partial charge < -0.3 is 19.3 Å². The van der Waals surface area contributed by atoms with E-state index in [0.717, 1.165) is 0 Å². The van der Waals surface area contributed by atoms with Gasteiger partial charge in [-0.2, -0.15) is 0 Å². The highest BCUT2D eigenvalue weighted by molar-refractivity contribution is 6.08. The van der Waals surface area contributed by atoms with Crippen molar-refractivity contribution in [1.82, 2.24) is 9.13 Å². The predicted molar refractivity (Wildman–Crippen MR) is 131 cm³/mol. The molecule has 4 aromatic rings. The Bertz CT molecular complexity index is 1310. The van der Waals surface area contributed by atoms with Crippen LogP contribution < -0.4 is 0 Å². The first-order chi connectivity index (χ1) is 17.3. The molecule has 0 aliphatic rings. The lowest BCUT2D eigenvalue weighted by Crippen LogP contribution is -2.21. The summed E-state index contributed by atoms with van der Waals surface area (Å²) in [5, 5.41) is 18.8. The molecule has 182 valence electrons. The topological polar surface area (TPSA) is 119 Å². The van der Waals surface area contributed by atoms with E-state index in [-0.39, 0.29) is 37.5 Å². The lowest BCUT2D eigenvalue weighted by atomic mass is 10.1. The first-order valence-electron chi connectivity index (χ1n) is 11.3. The van der Waals surface area contributed by atoms with E-state index in [1.165, 1.54) is 0 Å². The third-order valence-corrected chi connectivity index (χ3v) is 5.89. The molecule has 8 nitrogen and oxygen atoms in total. The van der Waals surface area contributed by atoms with E-state index in [2.05, 4.69) is 0 Å². The number of hydrogen-bond donors (Lipinski definition) is 2. The van der Waals surface area contributed by atoms with Crippen LogP contribution in [0.4, 0.5) is 0 Å². The van der Waals surface area contributed by atoms with E-state index in [1.807, 2.05) is 0 Å². The van der Waals surface area contributed by atoms with Crippen LogP contribution in [0.15, 0.2) is 84.9 Å². The molecule has 0 fully saturated rings. The van der Waals surface area contributed by atoms with E-state index >= 15 is 0 Å². The number of rotatable bonds is 11. The summed E-state index contributed by atoms with van der Waals surface area (Å²) in [6.45, 7) is 0.333. The van der Waals surface area contributed by atoms with E-state index < -0.39 is 11.9 Å². The molecule has 0 spiro atoms. The largest absolute Gasteiger partial charge is 0.481 e. The number of carboxylic acid groups (broad SMARTS) is 2. The number of carbonyl (C=O) groups is 4. The maximum absolute atomic E-state index is 13.2. The van der Waals surface area contributed by atoms with E-state index in [0.29, 0.717) is 33.9 Å². The second kappa shape index (κ2) is 10.7. The molecule has 2 aromatic carbocycles. The van der Waals surface area contributed by atoms with Crippen molar-refractivity contribution in [3.8, 4) is 0 Å². The van der Waals surface area contributed by atoms with Gasteiger partial charge >= 0.3 is 11.9 Å².